The SMILES string of the molecule is Cc1cnc2c3ncc(C)n3c3c(N4c5ccccc5Oc5ccccc54)ccc(N4c5ccccc5Oc5ccccc54)c3n12. The highest BCUT2D eigenvalue weighted by Crippen LogP contribution is 2.55. The zero-order valence-electron chi connectivity index (χ0n) is 25.0. The number of hydrogen-bond donors (Lipinski definition) is 0. The molecule has 0 fully saturated rings. The predicted octanol–water partition coefficient (Wildman–Crippen LogP) is 9.90. The molecule has 10 rings (SSSR count). The van der Waals surface area contributed by atoms with Crippen LogP contribution >= 0.6 is 0 Å². The molecule has 2 aliphatic heterocycles. The normalized spacial score (nSPS) is 13.3. The fourth-order valence-corrected chi connectivity index (χ4v) is 7.04. The Bertz CT molecular complexity index is 2280. The Hall–Kier alpha value is -6.28. The third kappa shape index (κ3) is 3.27. The second-order valence-electron chi connectivity index (χ2n) is 11.7. The van der Waals surface area contributed by atoms with Crippen molar-refractivity contribution in [3.8, 4) is 23.0 Å². The Balaban J connectivity index is 1.40. The molecule has 5 aromatic carbocycles. The van der Waals surface area contributed by atoms with Gasteiger partial charge in [0, 0.05) is 23.8 Å². The number of fused-ring (bicyclic) bond motifs is 10. The van der Waals surface area contributed by atoms with Gasteiger partial charge < -0.3 is 19.3 Å². The average Bonchev–Trinajstić information content (AvgIpc) is 3.68. The van der Waals surface area contributed by atoms with E-state index in [0.717, 1.165) is 90.8 Å². The van der Waals surface area contributed by atoms with Gasteiger partial charge >= 0.3 is 0 Å². The maximum absolute atomic E-state index is 6.41. The summed E-state index contributed by atoms with van der Waals surface area (Å²) < 4.78 is 17.3. The van der Waals surface area contributed by atoms with Crippen LogP contribution in [0.2, 0.25) is 0 Å². The molecule has 2 aliphatic rings. The number of para-hydroxylation sites is 8. The summed E-state index contributed by atoms with van der Waals surface area (Å²) in [4.78, 5) is 14.4. The summed E-state index contributed by atoms with van der Waals surface area (Å²) in [5.74, 6) is 3.20. The van der Waals surface area contributed by atoms with E-state index >= 15 is 0 Å². The molecular formula is C38H26N6O2. The van der Waals surface area contributed by atoms with E-state index in [9.17, 15) is 0 Å². The van der Waals surface area contributed by atoms with Crippen LogP contribution in [-0.2, 0) is 0 Å². The summed E-state index contributed by atoms with van der Waals surface area (Å²) in [6.45, 7) is 4.20. The fourth-order valence-electron chi connectivity index (χ4n) is 7.04. The number of rotatable bonds is 2. The molecule has 8 heteroatoms. The molecule has 8 aromatic rings. The minimum absolute atomic E-state index is 0.799. The van der Waals surface area contributed by atoms with E-state index in [4.69, 9.17) is 19.4 Å². The summed E-state index contributed by atoms with van der Waals surface area (Å²) in [5, 5.41) is 0. The molecule has 0 spiro atoms. The van der Waals surface area contributed by atoms with Gasteiger partial charge in [0.25, 0.3) is 0 Å². The lowest BCUT2D eigenvalue weighted by Crippen LogP contribution is -2.20. The average molecular weight is 599 g/mol. The van der Waals surface area contributed by atoms with Crippen molar-refractivity contribution in [2.24, 2.45) is 0 Å². The van der Waals surface area contributed by atoms with E-state index in [-0.39, 0.29) is 0 Å². The Kier molecular flexibility index (Phi) is 4.97. The highest BCUT2D eigenvalue weighted by atomic mass is 16.5. The number of ether oxygens (including phenoxy) is 2. The van der Waals surface area contributed by atoms with Gasteiger partial charge in [-0.3, -0.25) is 8.80 Å². The third-order valence-electron chi connectivity index (χ3n) is 8.98. The number of hydrogen-bond acceptors (Lipinski definition) is 6. The topological polar surface area (TPSA) is 59.5 Å². The first-order valence-electron chi connectivity index (χ1n) is 15.3. The first-order valence-corrected chi connectivity index (χ1v) is 15.3. The summed E-state index contributed by atoms with van der Waals surface area (Å²) in [6, 6.07) is 37.2. The van der Waals surface area contributed by atoms with Gasteiger partial charge in [-0.25, -0.2) is 9.97 Å². The first-order chi connectivity index (χ1) is 22.7. The van der Waals surface area contributed by atoms with Gasteiger partial charge in [0.15, 0.2) is 34.3 Å². The predicted molar refractivity (Wildman–Crippen MR) is 180 cm³/mol. The lowest BCUT2D eigenvalue weighted by Gasteiger charge is -2.36. The van der Waals surface area contributed by atoms with E-state index in [1.807, 2.05) is 60.9 Å². The summed E-state index contributed by atoms with van der Waals surface area (Å²) in [6.07, 6.45) is 3.85. The van der Waals surface area contributed by atoms with Gasteiger partial charge in [-0.05, 0) is 74.5 Å². The smallest absolute Gasteiger partial charge is 0.181 e. The van der Waals surface area contributed by atoms with E-state index in [2.05, 4.69) is 93.1 Å². The lowest BCUT2D eigenvalue weighted by atomic mass is 10.1. The molecule has 0 amide bonds. The van der Waals surface area contributed by atoms with Gasteiger partial charge in [0.2, 0.25) is 0 Å². The highest BCUT2D eigenvalue weighted by molar-refractivity contribution is 6.08. The van der Waals surface area contributed by atoms with Crippen molar-refractivity contribution in [3.05, 3.63) is 133 Å². The van der Waals surface area contributed by atoms with Crippen LogP contribution in [-0.4, -0.2) is 18.8 Å². The molecule has 220 valence electrons. The molecule has 3 aromatic heterocycles. The van der Waals surface area contributed by atoms with Crippen molar-refractivity contribution in [2.75, 3.05) is 9.80 Å². The quantitative estimate of drug-likeness (QED) is 0.197. The molecule has 0 radical (unpaired) electrons. The lowest BCUT2D eigenvalue weighted by molar-refractivity contribution is 0.476. The van der Waals surface area contributed by atoms with Crippen LogP contribution in [0.25, 0.3) is 22.3 Å². The second kappa shape index (κ2) is 9.12. The molecule has 5 heterocycles. The molecule has 8 nitrogen and oxygen atoms in total. The van der Waals surface area contributed by atoms with Crippen LogP contribution in [0, 0.1) is 13.8 Å². The van der Waals surface area contributed by atoms with Crippen molar-refractivity contribution >= 4 is 56.5 Å². The van der Waals surface area contributed by atoms with Gasteiger partial charge in [-0.1, -0.05) is 48.5 Å². The Morgan fingerprint density at radius 2 is 0.739 bits per heavy atom. The van der Waals surface area contributed by atoms with Crippen LogP contribution in [0.15, 0.2) is 122 Å². The number of imidazole rings is 2. The maximum Gasteiger partial charge on any atom is 0.181 e. The molecule has 0 bridgehead atoms. The van der Waals surface area contributed by atoms with Crippen LogP contribution in [0.3, 0.4) is 0 Å². The van der Waals surface area contributed by atoms with Crippen molar-refractivity contribution < 1.29 is 9.47 Å². The van der Waals surface area contributed by atoms with Crippen molar-refractivity contribution in [3.63, 3.8) is 0 Å². The van der Waals surface area contributed by atoms with E-state index < -0.39 is 0 Å². The zero-order valence-corrected chi connectivity index (χ0v) is 25.0. The molecule has 0 saturated carbocycles. The first kappa shape index (κ1) is 25.1. The number of anilines is 6. The molecule has 0 saturated heterocycles. The van der Waals surface area contributed by atoms with Crippen molar-refractivity contribution in [2.45, 2.75) is 13.8 Å². The monoisotopic (exact) mass is 598 g/mol. The molecule has 0 N–H and O–H groups in total. The highest BCUT2D eigenvalue weighted by Gasteiger charge is 2.33. The Morgan fingerprint density at radius 1 is 0.413 bits per heavy atom. The Labute approximate surface area is 263 Å². The summed E-state index contributed by atoms with van der Waals surface area (Å²) in [7, 11) is 0. The maximum atomic E-state index is 6.41. The molecular weight excluding hydrogens is 572 g/mol. The van der Waals surface area contributed by atoms with Crippen LogP contribution in [0.4, 0.5) is 34.1 Å². The molecule has 0 atom stereocenters. The van der Waals surface area contributed by atoms with Crippen LogP contribution in [0.5, 0.6) is 23.0 Å². The zero-order chi connectivity index (χ0) is 30.5. The Morgan fingerprint density at radius 3 is 1.09 bits per heavy atom. The minimum Gasteiger partial charge on any atom is -0.453 e. The van der Waals surface area contributed by atoms with E-state index in [0.29, 0.717) is 0 Å². The number of aromatic nitrogens is 4. The van der Waals surface area contributed by atoms with E-state index in [1.165, 1.54) is 0 Å². The molecule has 0 aliphatic carbocycles. The van der Waals surface area contributed by atoms with Crippen molar-refractivity contribution in [1.29, 1.82) is 0 Å². The third-order valence-corrected chi connectivity index (χ3v) is 8.98. The molecule has 46 heavy (non-hydrogen) atoms. The second-order valence-corrected chi connectivity index (χ2v) is 11.7. The summed E-state index contributed by atoms with van der Waals surface area (Å²) in [5.41, 5.74) is 11.5. The van der Waals surface area contributed by atoms with Crippen LogP contribution < -0.4 is 19.3 Å². The fraction of sp³-hybridized carbons (Fsp3) is 0.0526. The van der Waals surface area contributed by atoms with Gasteiger partial charge in [-0.2, -0.15) is 0 Å². The van der Waals surface area contributed by atoms with Crippen molar-refractivity contribution in [1.82, 2.24) is 18.8 Å². The molecule has 0 unspecified atom stereocenters. The number of nitrogens with zero attached hydrogens (tertiary/aromatic N) is 6. The summed E-state index contributed by atoms with van der Waals surface area (Å²) >= 11 is 0. The number of benzene rings is 5. The van der Waals surface area contributed by atoms with E-state index in [1.54, 1.807) is 0 Å². The van der Waals surface area contributed by atoms with Gasteiger partial charge in [-0.15, -0.1) is 0 Å². The minimum atomic E-state index is 0.799. The van der Waals surface area contributed by atoms with Gasteiger partial charge in [0.05, 0.1) is 45.2 Å². The van der Waals surface area contributed by atoms with Crippen LogP contribution in [0.1, 0.15) is 11.4 Å². The number of aryl methyl sites for hydroxylation is 2. The standard InChI is InChI=1S/C38H26N6O2/c1-23-21-39-37-38-40-22-24(2)42(38)36-30(44-27-13-5-9-17-33(27)46-34-18-10-6-14-28(34)44)20-19-29(35(36)41(23)37)43-25-11-3-7-15-31(25)45-32-16-8-4-12-26(32)43/h3-22H,1-2H3. The van der Waals surface area contributed by atoms with Gasteiger partial charge in [0.1, 0.15) is 0 Å². The largest absolute Gasteiger partial charge is 0.453 e.